The molecule has 5 rings (SSSR count). The standard InChI is InChI=1S/C34H48N4O6Si/c1-33(2,3)45(8,9)42-21-27-29-30(44-34(4,5)43-29)28(37-27)26-19-36-32(35-18-22-10-14-24(39-6)15-11-22)38-31(26)41-20-23-12-16-25(40-7)17-13-23/h10-17,19,27-30,37H,18,20-21H2,1-9H3,(H,35,36,38)/t27-,28+,29-,30+/m1/s1. The third-order valence-electron chi connectivity index (χ3n) is 8.97. The van der Waals surface area contributed by atoms with Crippen molar-refractivity contribution in [2.75, 3.05) is 26.1 Å². The van der Waals surface area contributed by atoms with E-state index < -0.39 is 14.1 Å². The van der Waals surface area contributed by atoms with Crippen LogP contribution in [0, 0.1) is 0 Å². The summed E-state index contributed by atoms with van der Waals surface area (Å²) < 4.78 is 36.6. The summed E-state index contributed by atoms with van der Waals surface area (Å²) in [5, 5.41) is 7.19. The van der Waals surface area contributed by atoms with Gasteiger partial charge in [0.2, 0.25) is 11.8 Å². The summed E-state index contributed by atoms with van der Waals surface area (Å²) in [6.07, 6.45) is 1.36. The zero-order valence-corrected chi connectivity index (χ0v) is 29.0. The lowest BCUT2D eigenvalue weighted by molar-refractivity contribution is -0.157. The molecule has 0 amide bonds. The molecule has 2 aliphatic rings. The van der Waals surface area contributed by atoms with Gasteiger partial charge in [-0.3, -0.25) is 0 Å². The average Bonchev–Trinajstić information content (AvgIpc) is 3.50. The number of nitrogens with one attached hydrogen (secondary N) is 2. The molecule has 0 aliphatic carbocycles. The highest BCUT2D eigenvalue weighted by Crippen LogP contribution is 2.44. The fraction of sp³-hybridized carbons (Fsp3) is 0.529. The lowest BCUT2D eigenvalue weighted by atomic mass is 10.0. The molecular weight excluding hydrogens is 588 g/mol. The largest absolute Gasteiger partial charge is 0.497 e. The van der Waals surface area contributed by atoms with Gasteiger partial charge >= 0.3 is 0 Å². The number of nitrogens with zero attached hydrogens (tertiary/aromatic N) is 2. The topological polar surface area (TPSA) is 105 Å². The molecule has 2 saturated heterocycles. The van der Waals surface area contributed by atoms with E-state index in [9.17, 15) is 0 Å². The van der Waals surface area contributed by atoms with Gasteiger partial charge in [0.05, 0.1) is 38.5 Å². The van der Waals surface area contributed by atoms with Crippen LogP contribution in [0.1, 0.15) is 57.4 Å². The first-order valence-electron chi connectivity index (χ1n) is 15.5. The molecule has 0 bridgehead atoms. The van der Waals surface area contributed by atoms with Crippen molar-refractivity contribution in [1.29, 1.82) is 0 Å². The van der Waals surface area contributed by atoms with Gasteiger partial charge in [0, 0.05) is 12.7 Å². The Hall–Kier alpha value is -3.22. The molecule has 3 heterocycles. The molecule has 45 heavy (non-hydrogen) atoms. The van der Waals surface area contributed by atoms with Crippen LogP contribution in [0.5, 0.6) is 17.4 Å². The fourth-order valence-electron chi connectivity index (χ4n) is 5.32. The number of benzene rings is 2. The zero-order valence-electron chi connectivity index (χ0n) is 28.0. The maximum atomic E-state index is 6.65. The number of aromatic nitrogens is 2. The monoisotopic (exact) mass is 636 g/mol. The predicted molar refractivity (Wildman–Crippen MR) is 176 cm³/mol. The van der Waals surface area contributed by atoms with Crippen LogP contribution in [0.3, 0.4) is 0 Å². The van der Waals surface area contributed by atoms with E-state index in [4.69, 9.17) is 38.1 Å². The van der Waals surface area contributed by atoms with Crippen molar-refractivity contribution in [2.45, 2.75) is 96.0 Å². The van der Waals surface area contributed by atoms with Crippen molar-refractivity contribution in [2.24, 2.45) is 0 Å². The SMILES string of the molecule is COc1ccc(CNc2ncc([C@@H]3N[C@H](CO[Si](C)(C)C(C)(C)C)[C@H]4OC(C)(C)O[C@H]43)c(OCc3ccc(OC)cc3)n2)cc1. The van der Waals surface area contributed by atoms with Crippen LogP contribution in [-0.2, 0) is 27.1 Å². The van der Waals surface area contributed by atoms with Crippen molar-refractivity contribution >= 4 is 14.3 Å². The minimum absolute atomic E-state index is 0.0711. The highest BCUT2D eigenvalue weighted by molar-refractivity contribution is 6.74. The molecule has 2 N–H and O–H groups in total. The van der Waals surface area contributed by atoms with E-state index in [0.717, 1.165) is 28.2 Å². The Bertz CT molecular complexity index is 1430. The van der Waals surface area contributed by atoms with Gasteiger partial charge in [-0.1, -0.05) is 45.0 Å². The number of ether oxygens (including phenoxy) is 5. The van der Waals surface area contributed by atoms with Gasteiger partial charge in [0.25, 0.3) is 0 Å². The Kier molecular flexibility index (Phi) is 9.76. The third-order valence-corrected chi connectivity index (χ3v) is 13.5. The number of hydrogen-bond acceptors (Lipinski definition) is 10. The van der Waals surface area contributed by atoms with Crippen LogP contribution in [0.25, 0.3) is 0 Å². The first-order valence-corrected chi connectivity index (χ1v) is 18.4. The molecule has 3 aromatic rings. The van der Waals surface area contributed by atoms with Crippen molar-refractivity contribution in [1.82, 2.24) is 15.3 Å². The third kappa shape index (κ3) is 7.78. The second-order valence-corrected chi connectivity index (χ2v) is 18.5. The molecule has 2 aliphatic heterocycles. The van der Waals surface area contributed by atoms with E-state index in [2.05, 4.69) is 44.5 Å². The normalized spacial score (nSPS) is 22.6. The molecule has 0 radical (unpaired) electrons. The fourth-order valence-corrected chi connectivity index (χ4v) is 6.35. The summed E-state index contributed by atoms with van der Waals surface area (Å²) in [5.41, 5.74) is 2.88. The van der Waals surface area contributed by atoms with Crippen LogP contribution in [0.4, 0.5) is 5.95 Å². The molecule has 10 nitrogen and oxygen atoms in total. The molecule has 2 aromatic carbocycles. The quantitative estimate of drug-likeness (QED) is 0.222. The van der Waals surface area contributed by atoms with E-state index >= 15 is 0 Å². The number of hydrogen-bond donors (Lipinski definition) is 2. The van der Waals surface area contributed by atoms with Crippen LogP contribution < -0.4 is 24.8 Å². The number of methoxy groups -OCH3 is 2. The predicted octanol–water partition coefficient (Wildman–Crippen LogP) is 6.24. The Morgan fingerprint density at radius 3 is 2.11 bits per heavy atom. The van der Waals surface area contributed by atoms with Crippen molar-refractivity contribution in [3.05, 3.63) is 71.4 Å². The molecule has 0 spiro atoms. The second kappa shape index (κ2) is 13.3. The molecule has 244 valence electrons. The highest BCUT2D eigenvalue weighted by atomic mass is 28.4. The Balaban J connectivity index is 1.40. The van der Waals surface area contributed by atoms with Crippen molar-refractivity contribution in [3.63, 3.8) is 0 Å². The number of anilines is 1. The van der Waals surface area contributed by atoms with Gasteiger partial charge in [-0.25, -0.2) is 4.98 Å². The van der Waals surface area contributed by atoms with Crippen LogP contribution >= 0.6 is 0 Å². The van der Waals surface area contributed by atoms with Crippen LogP contribution in [0.2, 0.25) is 18.1 Å². The van der Waals surface area contributed by atoms with E-state index in [1.165, 1.54) is 0 Å². The number of rotatable bonds is 12. The summed E-state index contributed by atoms with van der Waals surface area (Å²) in [5.74, 6) is 1.82. The van der Waals surface area contributed by atoms with Gasteiger partial charge in [0.15, 0.2) is 14.1 Å². The molecule has 4 atom stereocenters. The summed E-state index contributed by atoms with van der Waals surface area (Å²) >= 11 is 0. The lowest BCUT2D eigenvalue weighted by Crippen LogP contribution is -2.47. The van der Waals surface area contributed by atoms with Gasteiger partial charge in [-0.15, -0.1) is 0 Å². The van der Waals surface area contributed by atoms with Crippen LogP contribution in [-0.4, -0.2) is 63.1 Å². The molecule has 0 saturated carbocycles. The van der Waals surface area contributed by atoms with E-state index in [1.54, 1.807) is 14.2 Å². The van der Waals surface area contributed by atoms with Gasteiger partial charge in [-0.2, -0.15) is 4.98 Å². The Labute approximate surface area is 268 Å². The second-order valence-electron chi connectivity index (χ2n) is 13.7. The molecule has 1 aromatic heterocycles. The average molecular weight is 637 g/mol. The maximum Gasteiger partial charge on any atom is 0.226 e. The number of fused-ring (bicyclic) bond motifs is 1. The lowest BCUT2D eigenvalue weighted by Gasteiger charge is -2.37. The molecule has 0 unspecified atom stereocenters. The first kappa shape index (κ1) is 33.1. The molecule has 2 fully saturated rings. The molecule has 11 heteroatoms. The summed E-state index contributed by atoms with van der Waals surface area (Å²) in [6.45, 7) is 16.6. The van der Waals surface area contributed by atoms with E-state index in [-0.39, 0.29) is 29.3 Å². The van der Waals surface area contributed by atoms with Crippen molar-refractivity contribution in [3.8, 4) is 17.4 Å². The van der Waals surface area contributed by atoms with Crippen molar-refractivity contribution < 1.29 is 28.1 Å². The first-order chi connectivity index (χ1) is 21.3. The van der Waals surface area contributed by atoms with Gasteiger partial charge < -0.3 is 38.7 Å². The minimum Gasteiger partial charge on any atom is -0.497 e. The Morgan fingerprint density at radius 2 is 1.51 bits per heavy atom. The van der Waals surface area contributed by atoms with Gasteiger partial charge in [0.1, 0.15) is 30.3 Å². The summed E-state index contributed by atoms with van der Waals surface area (Å²) in [4.78, 5) is 9.55. The molecular formula is C34H48N4O6Si. The van der Waals surface area contributed by atoms with Crippen LogP contribution in [0.15, 0.2) is 54.7 Å². The smallest absolute Gasteiger partial charge is 0.226 e. The highest BCUT2D eigenvalue weighted by Gasteiger charge is 2.55. The summed E-state index contributed by atoms with van der Waals surface area (Å²) in [7, 11) is 1.33. The zero-order chi connectivity index (χ0) is 32.4. The van der Waals surface area contributed by atoms with E-state index in [1.807, 2.05) is 68.6 Å². The van der Waals surface area contributed by atoms with Gasteiger partial charge in [-0.05, 0) is 67.4 Å². The minimum atomic E-state index is -1.98. The Morgan fingerprint density at radius 1 is 0.911 bits per heavy atom. The summed E-state index contributed by atoms with van der Waals surface area (Å²) in [6, 6.07) is 15.4. The maximum absolute atomic E-state index is 6.65. The van der Waals surface area contributed by atoms with E-state index in [0.29, 0.717) is 31.6 Å².